The van der Waals surface area contributed by atoms with Crippen LogP contribution in [-0.2, 0) is 30.6 Å². The number of urea groups is 1. The van der Waals surface area contributed by atoms with Gasteiger partial charge in [-0.2, -0.15) is 15.3 Å². The topological polar surface area (TPSA) is 302 Å². The van der Waals surface area contributed by atoms with Crippen molar-refractivity contribution in [1.82, 2.24) is 77.8 Å². The molecule has 12 aromatic heterocycles. The summed E-state index contributed by atoms with van der Waals surface area (Å²) in [5.41, 5.74) is 10.8. The van der Waals surface area contributed by atoms with Gasteiger partial charge in [-0.25, -0.2) is 29.3 Å². The Hall–Kier alpha value is -10.8. The van der Waals surface area contributed by atoms with E-state index in [9.17, 15) is 14.4 Å². The molecule has 0 aliphatic heterocycles. The van der Waals surface area contributed by atoms with Crippen LogP contribution in [0.15, 0.2) is 166 Å². The first-order valence-electron chi connectivity index (χ1n) is 27.8. The number of hydrogen-bond donors (Lipinski definition) is 6. The first-order valence-corrected chi connectivity index (χ1v) is 28.2. The van der Waals surface area contributed by atoms with E-state index in [4.69, 9.17) is 31.1 Å². The van der Waals surface area contributed by atoms with E-state index in [0.29, 0.717) is 45.9 Å². The highest BCUT2D eigenvalue weighted by molar-refractivity contribution is 6.58. The number of halogens is 1. The molecule has 4 amide bonds. The van der Waals surface area contributed by atoms with E-state index < -0.39 is 30.5 Å². The van der Waals surface area contributed by atoms with Crippen LogP contribution in [0, 0.1) is 0 Å². The van der Waals surface area contributed by atoms with E-state index >= 15 is 0 Å². The lowest BCUT2D eigenvalue weighted by molar-refractivity contribution is 0.0624. The zero-order valence-corrected chi connectivity index (χ0v) is 51.2. The molecule has 456 valence electrons. The number of aromatic nitrogens is 15. The molecule has 0 bridgehead atoms. The number of ether oxygens (including phenoxy) is 2. The molecular formula is C61H65BClN19O7. The summed E-state index contributed by atoms with van der Waals surface area (Å²) in [6, 6.07) is 23.1. The van der Waals surface area contributed by atoms with E-state index in [1.807, 2.05) is 136 Å². The highest BCUT2D eigenvalue weighted by atomic mass is 35.5. The molecule has 6 N–H and O–H groups in total. The van der Waals surface area contributed by atoms with Gasteiger partial charge in [0.1, 0.15) is 33.3 Å². The minimum Gasteiger partial charge on any atom is -0.444 e. The quantitative estimate of drug-likeness (QED) is 0.0548. The highest BCUT2D eigenvalue weighted by Crippen LogP contribution is 2.32. The van der Waals surface area contributed by atoms with Crippen molar-refractivity contribution in [1.29, 1.82) is 0 Å². The monoisotopic (exact) mass is 1220 g/mol. The second kappa shape index (κ2) is 27.3. The number of nitrogens with zero attached hydrogens (tertiary/aromatic N) is 15. The normalized spacial score (nSPS) is 11.2. The molecule has 0 aromatic carbocycles. The first-order chi connectivity index (χ1) is 42.4. The second-order valence-electron chi connectivity index (χ2n) is 22.0. The number of pyridine rings is 6. The maximum Gasteiger partial charge on any atom is 0.491 e. The minimum atomic E-state index is -1.40. The molecule has 0 saturated carbocycles. The van der Waals surface area contributed by atoms with Crippen LogP contribution < -0.4 is 26.7 Å². The molecule has 0 saturated heterocycles. The lowest BCUT2D eigenvalue weighted by atomic mass is 9.83. The van der Waals surface area contributed by atoms with Gasteiger partial charge in [-0.1, -0.05) is 29.8 Å². The SMILES string of the molecule is CC(C)(C)OC(=O)Nc1cn2c(Cl)cc(-c3cccnc3)cc2n1.CCNC(=O)Nc1cn2c(-c3cnn(C)c3)cc(-c3cccnc3)cc2n1.Cn1cc(-c2cc(-c3cccnc3)cc3nc(NC(=O)OC(C)(C)C)cn23)cn1.Cn1cc(B(O)O)cn1. The molecule has 12 aromatic rings. The van der Waals surface area contributed by atoms with Gasteiger partial charge in [-0.15, -0.1) is 0 Å². The molecule has 0 aliphatic rings. The van der Waals surface area contributed by atoms with Crippen LogP contribution in [-0.4, -0.2) is 126 Å². The van der Waals surface area contributed by atoms with Gasteiger partial charge in [-0.05, 0) is 120 Å². The Bertz CT molecular complexity index is 4400. The molecule has 0 aliphatic carbocycles. The zero-order chi connectivity index (χ0) is 63.6. The van der Waals surface area contributed by atoms with E-state index in [1.165, 1.54) is 10.9 Å². The third-order valence-corrected chi connectivity index (χ3v) is 12.8. The molecule has 0 unspecified atom stereocenters. The molecule has 0 radical (unpaired) electrons. The molecule has 12 heterocycles. The summed E-state index contributed by atoms with van der Waals surface area (Å²) in [5, 5.41) is 40.6. The smallest absolute Gasteiger partial charge is 0.444 e. The summed E-state index contributed by atoms with van der Waals surface area (Å²) in [5.74, 6) is 1.26. The van der Waals surface area contributed by atoms with Crippen molar-refractivity contribution in [2.24, 2.45) is 21.1 Å². The predicted octanol–water partition coefficient (Wildman–Crippen LogP) is 9.58. The van der Waals surface area contributed by atoms with Gasteiger partial charge in [0.15, 0.2) is 17.5 Å². The number of hydrogen-bond acceptors (Lipinski definition) is 16. The Morgan fingerprint density at radius 2 is 0.899 bits per heavy atom. The van der Waals surface area contributed by atoms with Crippen LogP contribution in [0.25, 0.3) is 72.8 Å². The average Bonchev–Trinajstić information content (AvgIpc) is 1.88. The molecule has 0 atom stereocenters. The number of aryl methyl sites for hydroxylation is 3. The number of amides is 4. The lowest BCUT2D eigenvalue weighted by Crippen LogP contribution is -2.28. The summed E-state index contributed by atoms with van der Waals surface area (Å²) < 4.78 is 21.1. The van der Waals surface area contributed by atoms with Gasteiger partial charge in [0.2, 0.25) is 0 Å². The number of fused-ring (bicyclic) bond motifs is 3. The highest BCUT2D eigenvalue weighted by Gasteiger charge is 2.21. The molecular weight excluding hydrogens is 1160 g/mol. The number of anilines is 3. The fourth-order valence-corrected chi connectivity index (χ4v) is 9.02. The largest absolute Gasteiger partial charge is 0.491 e. The number of rotatable bonds is 10. The van der Waals surface area contributed by atoms with Gasteiger partial charge >= 0.3 is 25.3 Å². The van der Waals surface area contributed by atoms with Crippen molar-refractivity contribution in [3.63, 3.8) is 0 Å². The lowest BCUT2D eigenvalue weighted by Gasteiger charge is -2.19. The van der Waals surface area contributed by atoms with Crippen molar-refractivity contribution in [3.05, 3.63) is 171 Å². The van der Waals surface area contributed by atoms with Crippen LogP contribution >= 0.6 is 11.6 Å². The summed E-state index contributed by atoms with van der Waals surface area (Å²) in [4.78, 5) is 61.9. The van der Waals surface area contributed by atoms with Gasteiger partial charge in [0.25, 0.3) is 0 Å². The molecule has 0 fully saturated rings. The summed E-state index contributed by atoms with van der Waals surface area (Å²) in [6.07, 6.45) is 25.1. The molecule has 28 heteroatoms. The average molecular weight is 1220 g/mol. The van der Waals surface area contributed by atoms with E-state index in [1.54, 1.807) is 104 Å². The van der Waals surface area contributed by atoms with Crippen LogP contribution in [0.1, 0.15) is 48.5 Å². The zero-order valence-electron chi connectivity index (χ0n) is 50.4. The number of imidazole rings is 3. The van der Waals surface area contributed by atoms with E-state index in [-0.39, 0.29) is 6.03 Å². The Kier molecular flexibility index (Phi) is 19.2. The Balaban J connectivity index is 0.000000148. The second-order valence-corrected chi connectivity index (χ2v) is 22.4. The van der Waals surface area contributed by atoms with Crippen LogP contribution in [0.2, 0.25) is 5.15 Å². The number of carbonyl (C=O) groups is 3. The van der Waals surface area contributed by atoms with Crippen molar-refractivity contribution >= 4 is 76.8 Å². The van der Waals surface area contributed by atoms with Crippen LogP contribution in [0.3, 0.4) is 0 Å². The summed E-state index contributed by atoms with van der Waals surface area (Å²) in [6.45, 7) is 13.3. The van der Waals surface area contributed by atoms with Gasteiger partial charge < -0.3 is 24.8 Å². The van der Waals surface area contributed by atoms with E-state index in [2.05, 4.69) is 78.6 Å². The van der Waals surface area contributed by atoms with Crippen molar-refractivity contribution in [2.45, 2.75) is 59.7 Å². The fourth-order valence-electron chi connectivity index (χ4n) is 8.76. The Labute approximate surface area is 516 Å². The Morgan fingerprint density at radius 3 is 1.25 bits per heavy atom. The van der Waals surface area contributed by atoms with Crippen molar-refractivity contribution in [3.8, 4) is 55.9 Å². The van der Waals surface area contributed by atoms with E-state index in [0.717, 1.165) is 61.5 Å². The third kappa shape index (κ3) is 16.8. The predicted molar refractivity (Wildman–Crippen MR) is 340 cm³/mol. The number of carbonyl (C=O) groups excluding carboxylic acids is 3. The molecule has 12 rings (SSSR count). The van der Waals surface area contributed by atoms with Crippen LogP contribution in [0.4, 0.5) is 31.8 Å². The molecule has 0 spiro atoms. The molecule has 89 heavy (non-hydrogen) atoms. The molecule has 26 nitrogen and oxygen atoms in total. The third-order valence-electron chi connectivity index (χ3n) is 12.5. The maximum absolute atomic E-state index is 12.1. The van der Waals surface area contributed by atoms with Gasteiger partial charge in [0, 0.05) is 123 Å². The number of nitrogens with one attached hydrogen (secondary N) is 4. The van der Waals surface area contributed by atoms with Crippen molar-refractivity contribution in [2.75, 3.05) is 22.5 Å². The van der Waals surface area contributed by atoms with Gasteiger partial charge in [0.05, 0.1) is 42.4 Å². The first kappa shape index (κ1) is 62.8. The van der Waals surface area contributed by atoms with Crippen molar-refractivity contribution < 1.29 is 33.9 Å². The fraction of sp³-hybridized carbons (Fsp3) is 0.213. The maximum atomic E-state index is 12.1. The standard InChI is InChI=1S/C21H22N6O2.C19H19N7O.C17H17ClN4O2.C4H7BN2O2/c1-21(2,3)29-20(28)25-18-13-27-17(16-11-23-26(4)12-16)8-15(9-19(27)24-18)14-6-5-7-22-10-14;1-3-21-19(27)24-17-12-26-16(15-10-22-25(2)11-15)7-14(8-18(26)23-17)13-5-4-6-20-9-13;1-17(2,3)24-16(23)21-14-10-22-13(18)7-12(8-15(22)20-14)11-5-4-6-19-9-11;1-7-3-4(2-6-7)5(8)9/h5-13H,1-4H3,(H,25,28);4-12H,3H2,1-2H3,(H2,21,24,27);4-10H,1-3H3,(H,21,23);2-3,8-9H,1H3. The summed E-state index contributed by atoms with van der Waals surface area (Å²) in [7, 11) is 4.06. The summed E-state index contributed by atoms with van der Waals surface area (Å²) >= 11 is 6.33. The minimum absolute atomic E-state index is 0.281. The van der Waals surface area contributed by atoms with Crippen LogP contribution in [0.5, 0.6) is 0 Å². The van der Waals surface area contributed by atoms with Gasteiger partial charge in [-0.3, -0.25) is 58.1 Å². The Morgan fingerprint density at radius 1 is 0.506 bits per heavy atom.